The summed E-state index contributed by atoms with van der Waals surface area (Å²) in [6.45, 7) is 8.66. The number of hydrogen-bond donors (Lipinski definition) is 0. The van der Waals surface area contributed by atoms with Crippen molar-refractivity contribution in [2.24, 2.45) is 0 Å². The Balaban J connectivity index is 0.00000272. The summed E-state index contributed by atoms with van der Waals surface area (Å²) in [4.78, 5) is 5.07. The van der Waals surface area contributed by atoms with Crippen molar-refractivity contribution in [3.8, 4) is 0 Å². The largest absolute Gasteiger partial charge is 0.419 e. The van der Waals surface area contributed by atoms with Crippen molar-refractivity contribution in [1.29, 1.82) is 0 Å². The predicted molar refractivity (Wildman–Crippen MR) is 128 cm³/mol. The molecular weight excluding hydrogens is 500 g/mol. The van der Waals surface area contributed by atoms with E-state index < -0.39 is 0 Å². The zero-order valence-electron chi connectivity index (χ0n) is 18.2. The molecule has 2 atom stereocenters. The Kier molecular flexibility index (Phi) is 8.63. The summed E-state index contributed by atoms with van der Waals surface area (Å²) in [5.74, 6) is 0. The van der Waals surface area contributed by atoms with Crippen LogP contribution in [0.15, 0.2) is 66.7 Å². The van der Waals surface area contributed by atoms with Gasteiger partial charge in [-0.1, -0.05) is 60.1 Å². The molecule has 3 aromatic carbocycles. The zero-order valence-corrected chi connectivity index (χ0v) is 22.6. The Morgan fingerprint density at radius 1 is 1.00 bits per heavy atom. The van der Waals surface area contributed by atoms with Crippen LogP contribution in [0.5, 0.6) is 0 Å². The van der Waals surface area contributed by atoms with Crippen LogP contribution in [0.3, 0.4) is 0 Å². The van der Waals surface area contributed by atoms with Crippen LogP contribution >= 0.6 is 23.2 Å². The van der Waals surface area contributed by atoms with Gasteiger partial charge in [-0.15, -0.1) is 6.07 Å². The first-order valence-electron chi connectivity index (χ1n) is 10.5. The molecule has 1 aliphatic heterocycles. The van der Waals surface area contributed by atoms with Crippen molar-refractivity contribution in [1.82, 2.24) is 4.90 Å². The minimum absolute atomic E-state index is 0. The maximum atomic E-state index is 6.16. The van der Waals surface area contributed by atoms with Gasteiger partial charge >= 0.3 is 0 Å². The number of anilines is 1. The number of aryl methyl sites for hydroxylation is 1. The summed E-state index contributed by atoms with van der Waals surface area (Å²) in [6, 6.07) is 27.1. The number of benzene rings is 3. The molecule has 1 saturated heterocycles. The predicted octanol–water partition coefficient (Wildman–Crippen LogP) is 6.79. The number of nitrogens with zero attached hydrogens (tertiary/aromatic N) is 2. The molecular formula is C26H27Cl2N2Y-. The van der Waals surface area contributed by atoms with Gasteiger partial charge in [-0.2, -0.15) is 23.8 Å². The third-order valence-electron chi connectivity index (χ3n) is 6.17. The fraction of sp³-hybridized carbons (Fsp3) is 0.308. The molecule has 3 aromatic rings. The van der Waals surface area contributed by atoms with E-state index in [9.17, 15) is 0 Å². The van der Waals surface area contributed by atoms with Crippen molar-refractivity contribution < 1.29 is 32.7 Å². The topological polar surface area (TPSA) is 6.48 Å². The Hall–Kier alpha value is -0.896. The Morgan fingerprint density at radius 3 is 2.00 bits per heavy atom. The van der Waals surface area contributed by atoms with E-state index in [-0.39, 0.29) is 38.8 Å². The molecule has 0 aliphatic carbocycles. The average molecular weight is 527 g/mol. The zero-order chi connectivity index (χ0) is 21.3. The number of likely N-dealkylation sites (N-methyl/N-ethyl adjacent to an activating group) is 1. The van der Waals surface area contributed by atoms with Gasteiger partial charge in [0.05, 0.1) is 6.04 Å². The van der Waals surface area contributed by atoms with E-state index in [1.165, 1.54) is 22.4 Å². The molecule has 5 heteroatoms. The van der Waals surface area contributed by atoms with Crippen LogP contribution in [0.1, 0.15) is 36.6 Å². The van der Waals surface area contributed by atoms with Gasteiger partial charge in [0.15, 0.2) is 0 Å². The Bertz CT molecular complexity index is 946. The van der Waals surface area contributed by atoms with Gasteiger partial charge in [0, 0.05) is 67.9 Å². The van der Waals surface area contributed by atoms with E-state index in [2.05, 4.69) is 73.0 Å². The monoisotopic (exact) mass is 526 g/mol. The van der Waals surface area contributed by atoms with Gasteiger partial charge in [-0.25, -0.2) is 0 Å². The summed E-state index contributed by atoms with van der Waals surface area (Å²) in [6.07, 6.45) is 0. The van der Waals surface area contributed by atoms with E-state index in [1.54, 1.807) is 0 Å². The molecule has 1 fully saturated rings. The van der Waals surface area contributed by atoms with E-state index in [0.29, 0.717) is 12.1 Å². The first-order valence-corrected chi connectivity index (χ1v) is 11.2. The van der Waals surface area contributed by atoms with Gasteiger partial charge in [0.25, 0.3) is 0 Å². The van der Waals surface area contributed by atoms with Gasteiger partial charge < -0.3 is 4.90 Å². The SMILES string of the molecule is CCN(c1c[c-]cc(C)c1)C1CN(C(c2ccc(Cl)cc2)c2ccc(Cl)cc2)C1C.[Y]. The molecule has 0 amide bonds. The smallest absolute Gasteiger partial charge is 0.0605 e. The molecule has 4 rings (SSSR count). The quantitative estimate of drug-likeness (QED) is 0.326. The normalized spacial score (nSPS) is 18.4. The van der Waals surface area contributed by atoms with Crippen LogP contribution in [0.2, 0.25) is 10.0 Å². The van der Waals surface area contributed by atoms with E-state index in [0.717, 1.165) is 23.1 Å². The van der Waals surface area contributed by atoms with E-state index >= 15 is 0 Å². The minimum atomic E-state index is 0. The van der Waals surface area contributed by atoms with Crippen molar-refractivity contribution >= 4 is 28.9 Å². The molecule has 2 unspecified atom stereocenters. The second-order valence-corrected chi connectivity index (χ2v) is 8.94. The van der Waals surface area contributed by atoms with Crippen molar-refractivity contribution in [3.05, 3.63) is 99.5 Å². The summed E-state index contributed by atoms with van der Waals surface area (Å²) < 4.78 is 0. The van der Waals surface area contributed by atoms with Crippen LogP contribution < -0.4 is 4.90 Å². The fourth-order valence-corrected chi connectivity index (χ4v) is 4.78. The van der Waals surface area contributed by atoms with Crippen molar-refractivity contribution in [3.63, 3.8) is 0 Å². The molecule has 1 radical (unpaired) electrons. The van der Waals surface area contributed by atoms with Crippen LogP contribution in [0.4, 0.5) is 5.69 Å². The molecule has 0 N–H and O–H groups in total. The first kappa shape index (κ1) is 24.7. The molecule has 0 aromatic heterocycles. The fourth-order valence-electron chi connectivity index (χ4n) is 4.53. The van der Waals surface area contributed by atoms with Crippen molar-refractivity contribution in [2.75, 3.05) is 18.0 Å². The average Bonchev–Trinajstić information content (AvgIpc) is 2.75. The molecule has 0 bridgehead atoms. The van der Waals surface area contributed by atoms with E-state index in [4.69, 9.17) is 23.2 Å². The van der Waals surface area contributed by atoms with Crippen LogP contribution in [0, 0.1) is 13.0 Å². The Labute approximate surface area is 221 Å². The molecule has 0 spiro atoms. The summed E-state index contributed by atoms with van der Waals surface area (Å²) in [5, 5.41) is 1.52. The van der Waals surface area contributed by atoms with E-state index in [1.807, 2.05) is 30.3 Å². The minimum Gasteiger partial charge on any atom is -0.419 e. The first-order chi connectivity index (χ1) is 14.5. The second-order valence-electron chi connectivity index (χ2n) is 8.06. The molecule has 0 saturated carbocycles. The molecule has 31 heavy (non-hydrogen) atoms. The maximum absolute atomic E-state index is 6.16. The standard InChI is InChI=1S/C26H27Cl2N2.Y/c1-4-29(24-7-5-6-18(2)16-24)25-17-30(19(25)3)26(20-8-12-22(27)13-9-20)21-10-14-23(28)15-11-21;/h6-16,19,25-26H,4,17H2,1-3H3;/q-1;. The van der Waals surface area contributed by atoms with Gasteiger partial charge in [0.1, 0.15) is 0 Å². The summed E-state index contributed by atoms with van der Waals surface area (Å²) in [7, 11) is 0. The molecule has 1 heterocycles. The van der Waals surface area contributed by atoms with Gasteiger partial charge in [-0.3, -0.25) is 4.90 Å². The number of rotatable bonds is 6. The van der Waals surface area contributed by atoms with Crippen molar-refractivity contribution in [2.45, 2.75) is 38.9 Å². The molecule has 1 aliphatic rings. The van der Waals surface area contributed by atoms with Crippen LogP contribution in [0.25, 0.3) is 0 Å². The maximum Gasteiger partial charge on any atom is 0.0605 e. The van der Waals surface area contributed by atoms with Gasteiger partial charge in [0.2, 0.25) is 0 Å². The van der Waals surface area contributed by atoms with Crippen LogP contribution in [-0.4, -0.2) is 30.1 Å². The molecule has 2 nitrogen and oxygen atoms in total. The summed E-state index contributed by atoms with van der Waals surface area (Å²) >= 11 is 12.3. The number of likely N-dealkylation sites (tertiary alicyclic amines) is 1. The van der Waals surface area contributed by atoms with Gasteiger partial charge in [-0.05, 0) is 49.2 Å². The second kappa shape index (κ2) is 10.8. The Morgan fingerprint density at radius 2 is 1.55 bits per heavy atom. The number of hydrogen-bond acceptors (Lipinski definition) is 2. The third-order valence-corrected chi connectivity index (χ3v) is 6.68. The van der Waals surface area contributed by atoms with Crippen LogP contribution in [-0.2, 0) is 32.7 Å². The third kappa shape index (κ3) is 5.37. The molecule has 159 valence electrons. The number of halogens is 2. The summed E-state index contributed by atoms with van der Waals surface area (Å²) in [5.41, 5.74) is 5.00.